The fraction of sp³-hybridized carbons (Fsp3) is 0.167. The fourth-order valence-electron chi connectivity index (χ4n) is 5.03. The predicted molar refractivity (Wildman–Crippen MR) is 147 cm³/mol. The van der Waals surface area contributed by atoms with Crippen LogP contribution in [0.25, 0.3) is 0 Å². The number of carbonyl (C=O) groups is 1. The van der Waals surface area contributed by atoms with Crippen LogP contribution in [0.15, 0.2) is 103 Å². The minimum atomic E-state index is -0.342. The van der Waals surface area contributed by atoms with E-state index < -0.39 is 0 Å². The molecule has 0 aromatic heterocycles. The lowest BCUT2D eigenvalue weighted by molar-refractivity contribution is -0.130. The van der Waals surface area contributed by atoms with Gasteiger partial charge in [0.2, 0.25) is 5.91 Å². The Kier molecular flexibility index (Phi) is 7.00. The summed E-state index contributed by atoms with van der Waals surface area (Å²) in [7, 11) is 3.20. The van der Waals surface area contributed by atoms with Gasteiger partial charge in [-0.25, -0.2) is 0 Å². The van der Waals surface area contributed by atoms with Crippen molar-refractivity contribution in [1.82, 2.24) is 9.80 Å². The molecule has 1 amide bonds. The van der Waals surface area contributed by atoms with Gasteiger partial charge in [0.05, 0.1) is 32.7 Å². The summed E-state index contributed by atoms with van der Waals surface area (Å²) in [6.07, 6.45) is 5.95. The third-order valence-corrected chi connectivity index (χ3v) is 7.22. The molecular formula is C30H26Cl2N2O3. The Labute approximate surface area is 226 Å². The van der Waals surface area contributed by atoms with Crippen LogP contribution in [0.3, 0.4) is 0 Å². The molecule has 3 aromatic carbocycles. The molecule has 2 aliphatic rings. The molecule has 188 valence electrons. The Bertz CT molecular complexity index is 1400. The van der Waals surface area contributed by atoms with E-state index in [4.69, 9.17) is 32.7 Å². The van der Waals surface area contributed by atoms with Gasteiger partial charge in [-0.1, -0.05) is 60.1 Å². The molecule has 0 bridgehead atoms. The monoisotopic (exact) mass is 532 g/mol. The van der Waals surface area contributed by atoms with Crippen LogP contribution in [0, 0.1) is 0 Å². The summed E-state index contributed by atoms with van der Waals surface area (Å²) in [5, 5.41) is 1.28. The molecule has 0 unspecified atom stereocenters. The van der Waals surface area contributed by atoms with Gasteiger partial charge in [-0.15, -0.1) is 0 Å². The van der Waals surface area contributed by atoms with Gasteiger partial charge in [0.1, 0.15) is 17.3 Å². The number of carbonyl (C=O) groups excluding carboxylic acids is 1. The molecule has 5 rings (SSSR count). The zero-order valence-electron chi connectivity index (χ0n) is 20.5. The summed E-state index contributed by atoms with van der Waals surface area (Å²) >= 11 is 12.5. The molecule has 0 spiro atoms. The van der Waals surface area contributed by atoms with Crippen molar-refractivity contribution in [2.75, 3.05) is 14.2 Å². The van der Waals surface area contributed by atoms with E-state index in [1.165, 1.54) is 0 Å². The predicted octanol–water partition coefficient (Wildman–Crippen LogP) is 7.10. The Hall–Kier alpha value is -3.67. The van der Waals surface area contributed by atoms with Crippen LogP contribution in [0.1, 0.15) is 28.8 Å². The summed E-state index contributed by atoms with van der Waals surface area (Å²) in [6.45, 7) is 4.30. The first-order chi connectivity index (χ1) is 17.9. The average molecular weight is 533 g/mol. The van der Waals surface area contributed by atoms with Crippen LogP contribution in [0.4, 0.5) is 0 Å². The Balaban J connectivity index is 1.64. The number of ether oxygens (including phenoxy) is 2. The molecule has 2 aliphatic heterocycles. The topological polar surface area (TPSA) is 42.0 Å². The van der Waals surface area contributed by atoms with Crippen molar-refractivity contribution in [1.29, 1.82) is 0 Å². The SMILES string of the molecule is C=C1C=CC=C2N(C(=O)Cc3cc(OC)ccc3OC)[C@H](c3ccc(Cl)cc3)[C@H](c3ccc(Cl)cc3)N12. The minimum Gasteiger partial charge on any atom is -0.497 e. The van der Waals surface area contributed by atoms with Crippen LogP contribution in [-0.4, -0.2) is 29.9 Å². The van der Waals surface area contributed by atoms with Gasteiger partial charge < -0.3 is 14.4 Å². The van der Waals surface area contributed by atoms with E-state index in [2.05, 4.69) is 11.5 Å². The standard InChI is InChI=1S/C30H26Cl2N2O3/c1-19-5-4-6-27-33(19)29(20-7-11-23(31)12-8-20)30(21-9-13-24(32)14-10-21)34(27)28(35)18-22-17-25(36-2)15-16-26(22)37-3/h4-17,29-30H,1,18H2,2-3H3/t29-,30+/m0/s1. The molecule has 2 heterocycles. The molecule has 1 saturated heterocycles. The molecule has 7 heteroatoms. The Morgan fingerprint density at radius 3 is 2.11 bits per heavy atom. The number of methoxy groups -OCH3 is 2. The summed E-state index contributed by atoms with van der Waals surface area (Å²) in [4.78, 5) is 18.2. The lowest BCUT2D eigenvalue weighted by atomic mass is 9.92. The molecule has 0 N–H and O–H groups in total. The third kappa shape index (κ3) is 4.73. The lowest BCUT2D eigenvalue weighted by Crippen LogP contribution is -2.32. The van der Waals surface area contributed by atoms with Crippen molar-refractivity contribution in [3.05, 3.63) is 130 Å². The maximum absolute atomic E-state index is 14.2. The highest BCUT2D eigenvalue weighted by Gasteiger charge is 2.48. The number of halogens is 2. The third-order valence-electron chi connectivity index (χ3n) is 6.71. The van der Waals surface area contributed by atoms with Crippen LogP contribution in [0.5, 0.6) is 11.5 Å². The molecule has 37 heavy (non-hydrogen) atoms. The molecule has 0 aliphatic carbocycles. The molecule has 0 saturated carbocycles. The van der Waals surface area contributed by atoms with Gasteiger partial charge in [0.25, 0.3) is 0 Å². The minimum absolute atomic E-state index is 0.0812. The van der Waals surface area contributed by atoms with Crippen molar-refractivity contribution in [3.63, 3.8) is 0 Å². The second-order valence-electron chi connectivity index (χ2n) is 8.86. The number of fused-ring (bicyclic) bond motifs is 1. The number of hydrogen-bond donors (Lipinski definition) is 0. The number of amides is 1. The highest BCUT2D eigenvalue weighted by molar-refractivity contribution is 6.30. The van der Waals surface area contributed by atoms with Gasteiger partial charge >= 0.3 is 0 Å². The van der Waals surface area contributed by atoms with Crippen molar-refractivity contribution in [2.24, 2.45) is 0 Å². The second-order valence-corrected chi connectivity index (χ2v) is 9.73. The first-order valence-electron chi connectivity index (χ1n) is 11.8. The summed E-state index contributed by atoms with van der Waals surface area (Å²) in [5.41, 5.74) is 3.51. The number of rotatable bonds is 6. The number of nitrogens with zero attached hydrogens (tertiary/aromatic N) is 2. The lowest BCUT2D eigenvalue weighted by Gasteiger charge is -2.30. The maximum atomic E-state index is 14.2. The van der Waals surface area contributed by atoms with Gasteiger partial charge in [-0.05, 0) is 65.7 Å². The van der Waals surface area contributed by atoms with E-state index in [0.717, 1.165) is 28.2 Å². The summed E-state index contributed by atoms with van der Waals surface area (Å²) in [6, 6.07) is 20.3. The summed E-state index contributed by atoms with van der Waals surface area (Å²) < 4.78 is 11.0. The van der Waals surface area contributed by atoms with E-state index in [1.807, 2.05) is 89.9 Å². The van der Waals surface area contributed by atoms with Crippen molar-refractivity contribution in [2.45, 2.75) is 18.5 Å². The Morgan fingerprint density at radius 1 is 0.892 bits per heavy atom. The fourth-order valence-corrected chi connectivity index (χ4v) is 5.28. The van der Waals surface area contributed by atoms with Crippen LogP contribution >= 0.6 is 23.2 Å². The largest absolute Gasteiger partial charge is 0.497 e. The zero-order chi connectivity index (χ0) is 26.1. The Morgan fingerprint density at radius 2 is 1.51 bits per heavy atom. The summed E-state index contributed by atoms with van der Waals surface area (Å²) in [5.74, 6) is 1.97. The first-order valence-corrected chi connectivity index (χ1v) is 12.6. The quantitative estimate of drug-likeness (QED) is 0.339. The molecule has 3 aromatic rings. The first kappa shape index (κ1) is 25.0. The van der Waals surface area contributed by atoms with Gasteiger partial charge in [-0.3, -0.25) is 9.69 Å². The van der Waals surface area contributed by atoms with Gasteiger partial charge in [-0.2, -0.15) is 0 Å². The smallest absolute Gasteiger partial charge is 0.233 e. The van der Waals surface area contributed by atoms with Crippen molar-refractivity contribution >= 4 is 29.1 Å². The van der Waals surface area contributed by atoms with Crippen LogP contribution in [0.2, 0.25) is 10.0 Å². The van der Waals surface area contributed by atoms with E-state index >= 15 is 0 Å². The highest BCUT2D eigenvalue weighted by Crippen LogP contribution is 2.52. The van der Waals surface area contributed by atoms with Gasteiger partial charge in [0, 0.05) is 21.3 Å². The molecule has 5 nitrogen and oxygen atoms in total. The number of hydrogen-bond acceptors (Lipinski definition) is 4. The second kappa shape index (κ2) is 10.4. The number of benzene rings is 3. The molecule has 0 radical (unpaired) electrons. The van der Waals surface area contributed by atoms with Gasteiger partial charge in [0.15, 0.2) is 0 Å². The molecular weight excluding hydrogens is 507 g/mol. The van der Waals surface area contributed by atoms with Crippen LogP contribution in [-0.2, 0) is 11.2 Å². The average Bonchev–Trinajstić information content (AvgIpc) is 3.26. The highest BCUT2D eigenvalue weighted by atomic mass is 35.5. The maximum Gasteiger partial charge on any atom is 0.233 e. The molecule has 2 atom stereocenters. The van der Waals surface area contributed by atoms with E-state index in [-0.39, 0.29) is 24.4 Å². The normalized spacial score (nSPS) is 18.5. The van der Waals surface area contributed by atoms with E-state index in [0.29, 0.717) is 21.5 Å². The molecule has 1 fully saturated rings. The zero-order valence-corrected chi connectivity index (χ0v) is 22.0. The van der Waals surface area contributed by atoms with Crippen LogP contribution < -0.4 is 9.47 Å². The number of allylic oxidation sites excluding steroid dienone is 3. The van der Waals surface area contributed by atoms with Crippen molar-refractivity contribution in [3.8, 4) is 11.5 Å². The van der Waals surface area contributed by atoms with E-state index in [1.54, 1.807) is 14.2 Å². The van der Waals surface area contributed by atoms with E-state index in [9.17, 15) is 4.79 Å². The van der Waals surface area contributed by atoms with Crippen molar-refractivity contribution < 1.29 is 14.3 Å².